The number of carbonyl (C=O) groups is 1. The Bertz CT molecular complexity index is 779. The summed E-state index contributed by atoms with van der Waals surface area (Å²) in [6.07, 6.45) is 2.23. The first-order valence-corrected chi connectivity index (χ1v) is 9.00. The Kier molecular flexibility index (Phi) is 6.24. The molecule has 1 aromatic heterocycles. The third-order valence-electron chi connectivity index (χ3n) is 4.06. The fraction of sp³-hybridized carbons (Fsp3) is 0.444. The predicted octanol–water partition coefficient (Wildman–Crippen LogP) is 2.20. The fourth-order valence-corrected chi connectivity index (χ4v) is 2.79. The van der Waals surface area contributed by atoms with Crippen molar-refractivity contribution in [3.8, 4) is 11.8 Å². The number of methoxy groups -OCH3 is 1. The lowest BCUT2D eigenvalue weighted by atomic mass is 10.3. The average Bonchev–Trinajstić information content (AvgIpc) is 3.23. The molecule has 0 spiro atoms. The SMILES string of the molecule is CCOc1ccccc1NC(=O)NCc1nc(OC)nc(N2CCCC2)n1. The molecule has 27 heavy (non-hydrogen) atoms. The van der Waals surface area contributed by atoms with Gasteiger partial charge in [0.1, 0.15) is 5.75 Å². The Morgan fingerprint density at radius 3 is 2.70 bits per heavy atom. The van der Waals surface area contributed by atoms with Crippen molar-refractivity contribution in [2.24, 2.45) is 0 Å². The molecule has 0 atom stereocenters. The van der Waals surface area contributed by atoms with Gasteiger partial charge in [0, 0.05) is 13.1 Å². The first kappa shape index (κ1) is 18.7. The zero-order chi connectivity index (χ0) is 19.1. The minimum absolute atomic E-state index is 0.155. The highest BCUT2D eigenvalue weighted by Crippen LogP contribution is 2.23. The predicted molar refractivity (Wildman–Crippen MR) is 101 cm³/mol. The second-order valence-corrected chi connectivity index (χ2v) is 5.97. The van der Waals surface area contributed by atoms with E-state index in [0.29, 0.717) is 29.8 Å². The monoisotopic (exact) mass is 372 g/mol. The molecule has 0 saturated carbocycles. The van der Waals surface area contributed by atoms with Crippen molar-refractivity contribution in [1.82, 2.24) is 20.3 Å². The highest BCUT2D eigenvalue weighted by molar-refractivity contribution is 5.90. The van der Waals surface area contributed by atoms with Crippen LogP contribution >= 0.6 is 0 Å². The second-order valence-electron chi connectivity index (χ2n) is 5.97. The summed E-state index contributed by atoms with van der Waals surface area (Å²) in [5.41, 5.74) is 0.600. The molecule has 2 N–H and O–H groups in total. The Labute approximate surface area is 158 Å². The maximum Gasteiger partial charge on any atom is 0.321 e. The van der Waals surface area contributed by atoms with Crippen molar-refractivity contribution in [2.45, 2.75) is 26.3 Å². The fourth-order valence-electron chi connectivity index (χ4n) is 2.79. The number of rotatable bonds is 7. The molecule has 1 saturated heterocycles. The number of ether oxygens (including phenoxy) is 2. The van der Waals surface area contributed by atoms with E-state index in [4.69, 9.17) is 9.47 Å². The minimum atomic E-state index is -0.371. The Balaban J connectivity index is 1.64. The normalized spacial score (nSPS) is 13.3. The molecule has 1 fully saturated rings. The van der Waals surface area contributed by atoms with Crippen LogP contribution in [0, 0.1) is 0 Å². The minimum Gasteiger partial charge on any atom is -0.492 e. The molecule has 1 aliphatic rings. The van der Waals surface area contributed by atoms with Crippen molar-refractivity contribution < 1.29 is 14.3 Å². The number of urea groups is 1. The molecule has 2 aromatic rings. The molecule has 0 aliphatic carbocycles. The van der Waals surface area contributed by atoms with E-state index in [-0.39, 0.29) is 18.6 Å². The highest BCUT2D eigenvalue weighted by atomic mass is 16.5. The van der Waals surface area contributed by atoms with Crippen LogP contribution in [0.2, 0.25) is 0 Å². The largest absolute Gasteiger partial charge is 0.492 e. The topological polar surface area (TPSA) is 102 Å². The molecule has 1 aliphatic heterocycles. The Morgan fingerprint density at radius 1 is 1.19 bits per heavy atom. The number of carbonyl (C=O) groups excluding carboxylic acids is 1. The first-order valence-electron chi connectivity index (χ1n) is 9.00. The van der Waals surface area contributed by atoms with E-state index >= 15 is 0 Å². The third-order valence-corrected chi connectivity index (χ3v) is 4.06. The van der Waals surface area contributed by atoms with E-state index in [9.17, 15) is 4.79 Å². The van der Waals surface area contributed by atoms with Gasteiger partial charge in [-0.15, -0.1) is 0 Å². The lowest BCUT2D eigenvalue weighted by Crippen LogP contribution is -2.30. The average molecular weight is 372 g/mol. The molecular formula is C18H24N6O3. The molecule has 3 rings (SSSR count). The number of hydrogen-bond donors (Lipinski definition) is 2. The maximum atomic E-state index is 12.2. The third kappa shape index (κ3) is 4.96. The van der Waals surface area contributed by atoms with Crippen molar-refractivity contribution in [3.05, 3.63) is 30.1 Å². The summed E-state index contributed by atoms with van der Waals surface area (Å²) in [6.45, 7) is 4.39. The van der Waals surface area contributed by atoms with Crippen LogP contribution in [0.5, 0.6) is 11.8 Å². The molecule has 0 bridgehead atoms. The van der Waals surface area contributed by atoms with Gasteiger partial charge in [0.2, 0.25) is 5.95 Å². The zero-order valence-electron chi connectivity index (χ0n) is 15.6. The standard InChI is InChI=1S/C18H24N6O3/c1-3-27-14-9-5-4-8-13(14)20-17(25)19-12-15-21-16(23-18(22-15)26-2)24-10-6-7-11-24/h4-5,8-9H,3,6-7,10-12H2,1-2H3,(H2,19,20,25). The first-order chi connectivity index (χ1) is 13.2. The van der Waals surface area contributed by atoms with E-state index in [1.54, 1.807) is 12.1 Å². The maximum absolute atomic E-state index is 12.2. The Hall–Kier alpha value is -3.10. The van der Waals surface area contributed by atoms with E-state index in [0.717, 1.165) is 25.9 Å². The zero-order valence-corrected chi connectivity index (χ0v) is 15.6. The number of aromatic nitrogens is 3. The number of nitrogens with one attached hydrogen (secondary N) is 2. The number of para-hydroxylation sites is 2. The van der Waals surface area contributed by atoms with Gasteiger partial charge >= 0.3 is 12.0 Å². The van der Waals surface area contributed by atoms with Crippen molar-refractivity contribution in [2.75, 3.05) is 37.0 Å². The lowest BCUT2D eigenvalue weighted by Gasteiger charge is -2.16. The molecule has 0 unspecified atom stereocenters. The molecule has 144 valence electrons. The summed E-state index contributed by atoms with van der Waals surface area (Å²) in [5.74, 6) is 1.64. The number of nitrogens with zero attached hydrogens (tertiary/aromatic N) is 4. The summed E-state index contributed by atoms with van der Waals surface area (Å²) in [5, 5.41) is 5.53. The van der Waals surface area contributed by atoms with Crippen LogP contribution in [-0.2, 0) is 6.54 Å². The summed E-state index contributed by atoms with van der Waals surface area (Å²) < 4.78 is 10.7. The molecule has 2 heterocycles. The Morgan fingerprint density at radius 2 is 1.96 bits per heavy atom. The van der Waals surface area contributed by atoms with Crippen molar-refractivity contribution >= 4 is 17.7 Å². The van der Waals surface area contributed by atoms with Gasteiger partial charge in [-0.3, -0.25) is 0 Å². The van der Waals surface area contributed by atoms with Crippen LogP contribution in [0.4, 0.5) is 16.4 Å². The van der Waals surface area contributed by atoms with E-state index in [1.807, 2.05) is 19.1 Å². The van der Waals surface area contributed by atoms with Gasteiger partial charge in [0.05, 0.1) is 25.9 Å². The quantitative estimate of drug-likeness (QED) is 0.768. The lowest BCUT2D eigenvalue weighted by molar-refractivity contribution is 0.251. The molecular weight excluding hydrogens is 348 g/mol. The second kappa shape index (κ2) is 9.02. The van der Waals surface area contributed by atoms with Gasteiger partial charge in [0.15, 0.2) is 5.82 Å². The van der Waals surface area contributed by atoms with Gasteiger partial charge in [-0.05, 0) is 31.9 Å². The van der Waals surface area contributed by atoms with Crippen molar-refractivity contribution in [1.29, 1.82) is 0 Å². The van der Waals surface area contributed by atoms with E-state index in [1.165, 1.54) is 7.11 Å². The molecule has 9 nitrogen and oxygen atoms in total. The van der Waals surface area contributed by atoms with Gasteiger partial charge in [-0.1, -0.05) is 12.1 Å². The number of hydrogen-bond acceptors (Lipinski definition) is 7. The number of benzene rings is 1. The van der Waals surface area contributed by atoms with Gasteiger partial charge in [-0.2, -0.15) is 15.0 Å². The highest BCUT2D eigenvalue weighted by Gasteiger charge is 2.18. The molecule has 9 heteroatoms. The molecule has 1 aromatic carbocycles. The number of amides is 2. The van der Waals surface area contributed by atoms with E-state index in [2.05, 4.69) is 30.5 Å². The summed E-state index contributed by atoms with van der Waals surface area (Å²) in [4.78, 5) is 27.3. The van der Waals surface area contributed by atoms with Gasteiger partial charge < -0.3 is 25.0 Å². The van der Waals surface area contributed by atoms with Crippen LogP contribution in [0.25, 0.3) is 0 Å². The molecule has 0 radical (unpaired) electrons. The van der Waals surface area contributed by atoms with Crippen LogP contribution in [0.15, 0.2) is 24.3 Å². The van der Waals surface area contributed by atoms with Crippen LogP contribution in [0.3, 0.4) is 0 Å². The van der Waals surface area contributed by atoms with Gasteiger partial charge in [-0.25, -0.2) is 4.79 Å². The van der Waals surface area contributed by atoms with Crippen LogP contribution in [-0.4, -0.2) is 47.8 Å². The summed E-state index contributed by atoms with van der Waals surface area (Å²) in [6, 6.07) is 7.14. The van der Waals surface area contributed by atoms with Crippen LogP contribution in [0.1, 0.15) is 25.6 Å². The smallest absolute Gasteiger partial charge is 0.321 e. The molecule has 2 amide bonds. The summed E-state index contributed by atoms with van der Waals surface area (Å²) in [7, 11) is 1.51. The van der Waals surface area contributed by atoms with Crippen molar-refractivity contribution in [3.63, 3.8) is 0 Å². The van der Waals surface area contributed by atoms with E-state index < -0.39 is 0 Å². The summed E-state index contributed by atoms with van der Waals surface area (Å²) >= 11 is 0. The number of anilines is 2. The van der Waals surface area contributed by atoms with Gasteiger partial charge in [0.25, 0.3) is 0 Å². The van der Waals surface area contributed by atoms with Crippen LogP contribution < -0.4 is 25.0 Å².